The van der Waals surface area contributed by atoms with Crippen molar-refractivity contribution in [3.63, 3.8) is 0 Å². The minimum absolute atomic E-state index is 0.0516. The fourth-order valence-electron chi connectivity index (χ4n) is 2.57. The summed E-state index contributed by atoms with van der Waals surface area (Å²) in [5.74, 6) is -1.72. The van der Waals surface area contributed by atoms with Crippen LogP contribution in [-0.4, -0.2) is 106 Å². The van der Waals surface area contributed by atoms with Crippen LogP contribution in [-0.2, 0) is 42.8 Å². The van der Waals surface area contributed by atoms with Crippen molar-refractivity contribution in [3.8, 4) is 0 Å². The Bertz CT molecular complexity index is 951. The van der Waals surface area contributed by atoms with Crippen molar-refractivity contribution in [1.82, 2.24) is 15.1 Å². The van der Waals surface area contributed by atoms with Gasteiger partial charge in [-0.1, -0.05) is 0 Å². The average Bonchev–Trinajstić information content (AvgIpc) is 2.87. The average molecular weight is 621 g/mol. The smallest absolute Gasteiger partial charge is 0.412 e. The van der Waals surface area contributed by atoms with Gasteiger partial charge in [0.2, 0.25) is 20.4 Å². The van der Waals surface area contributed by atoms with Gasteiger partial charge in [0.1, 0.15) is 0 Å². The molecule has 3 amide bonds. The van der Waals surface area contributed by atoms with Crippen LogP contribution in [0, 0.1) is 16.2 Å². The van der Waals surface area contributed by atoms with Crippen LogP contribution in [0.1, 0.15) is 62.3 Å². The number of ether oxygens (including phenoxy) is 6. The van der Waals surface area contributed by atoms with Crippen molar-refractivity contribution in [1.29, 1.82) is 0 Å². The SMILES string of the molecule is CC(C)(C)C(=O)OCOC(=O)NCCN(CCN(CCN)C(=O)OCOC(=O)C(C)(C)C)C(=O)OCOC(=O)C(C)(C)C. The zero-order chi connectivity index (χ0) is 33.4. The second-order valence-corrected chi connectivity index (χ2v) is 12.3. The van der Waals surface area contributed by atoms with Crippen molar-refractivity contribution in [2.45, 2.75) is 62.3 Å². The van der Waals surface area contributed by atoms with Gasteiger partial charge in [-0.15, -0.1) is 0 Å². The van der Waals surface area contributed by atoms with Crippen LogP contribution >= 0.6 is 0 Å². The molecule has 0 bridgehead atoms. The fraction of sp³-hybridized carbons (Fsp3) is 0.778. The molecule has 0 fully saturated rings. The van der Waals surface area contributed by atoms with E-state index in [2.05, 4.69) is 5.32 Å². The maximum absolute atomic E-state index is 12.8. The zero-order valence-electron chi connectivity index (χ0n) is 26.7. The van der Waals surface area contributed by atoms with Crippen LogP contribution < -0.4 is 11.1 Å². The third-order valence-electron chi connectivity index (χ3n) is 5.17. The molecule has 0 rings (SSSR count). The van der Waals surface area contributed by atoms with E-state index in [4.69, 9.17) is 34.2 Å². The molecule has 0 saturated carbocycles. The Labute approximate surface area is 252 Å². The lowest BCUT2D eigenvalue weighted by Gasteiger charge is -2.27. The van der Waals surface area contributed by atoms with Gasteiger partial charge in [-0.2, -0.15) is 0 Å². The number of carbonyl (C=O) groups excluding carboxylic acids is 6. The van der Waals surface area contributed by atoms with Crippen molar-refractivity contribution in [2.24, 2.45) is 22.0 Å². The normalized spacial score (nSPS) is 11.5. The molecule has 0 atom stereocenters. The number of nitrogens with one attached hydrogen (secondary N) is 1. The van der Waals surface area contributed by atoms with Gasteiger partial charge in [0, 0.05) is 39.3 Å². The molecule has 0 aromatic rings. The van der Waals surface area contributed by atoms with E-state index in [1.54, 1.807) is 62.3 Å². The first-order chi connectivity index (χ1) is 19.7. The summed E-state index contributed by atoms with van der Waals surface area (Å²) in [7, 11) is 0. The third kappa shape index (κ3) is 17.0. The molecular weight excluding hydrogens is 572 g/mol. The number of hydrogen-bond acceptors (Lipinski definition) is 13. The highest BCUT2D eigenvalue weighted by Gasteiger charge is 2.26. The third-order valence-corrected chi connectivity index (χ3v) is 5.17. The Balaban J connectivity index is 5.17. The molecule has 0 aromatic carbocycles. The first-order valence-electron chi connectivity index (χ1n) is 13.7. The molecule has 0 spiro atoms. The van der Waals surface area contributed by atoms with Gasteiger partial charge in [-0.05, 0) is 62.3 Å². The Morgan fingerprint density at radius 1 is 0.535 bits per heavy atom. The number of nitrogens with two attached hydrogens (primary N) is 1. The molecule has 0 heterocycles. The Hall–Kier alpha value is -3.82. The molecule has 0 saturated heterocycles. The first kappa shape index (κ1) is 39.2. The fourth-order valence-corrected chi connectivity index (χ4v) is 2.57. The number of esters is 3. The van der Waals surface area contributed by atoms with Crippen molar-refractivity contribution in [2.75, 3.05) is 59.6 Å². The van der Waals surface area contributed by atoms with E-state index in [1.165, 1.54) is 4.90 Å². The summed E-state index contributed by atoms with van der Waals surface area (Å²) in [6, 6.07) is 0. The highest BCUT2D eigenvalue weighted by molar-refractivity contribution is 5.76. The summed E-state index contributed by atoms with van der Waals surface area (Å²) in [5, 5.41) is 2.40. The number of hydrogen-bond donors (Lipinski definition) is 2. The molecule has 0 aliphatic heterocycles. The largest absolute Gasteiger partial charge is 0.427 e. The minimum Gasteiger partial charge on any atom is -0.427 e. The van der Waals surface area contributed by atoms with E-state index in [9.17, 15) is 28.8 Å². The van der Waals surface area contributed by atoms with E-state index in [-0.39, 0.29) is 39.3 Å². The molecule has 0 radical (unpaired) electrons. The Morgan fingerprint density at radius 3 is 1.23 bits per heavy atom. The minimum atomic E-state index is -0.910. The maximum Gasteiger partial charge on any atom is 0.412 e. The van der Waals surface area contributed by atoms with E-state index < -0.39 is 72.8 Å². The maximum atomic E-state index is 12.8. The predicted molar refractivity (Wildman–Crippen MR) is 151 cm³/mol. The Kier molecular flexibility index (Phi) is 16.4. The van der Waals surface area contributed by atoms with Gasteiger partial charge < -0.3 is 49.3 Å². The topological polar surface area (TPSA) is 202 Å². The summed E-state index contributed by atoms with van der Waals surface area (Å²) in [6.45, 7) is 12.6. The summed E-state index contributed by atoms with van der Waals surface area (Å²) >= 11 is 0. The molecule has 0 aromatic heterocycles. The number of alkyl carbamates (subject to hydrolysis) is 1. The van der Waals surface area contributed by atoms with E-state index in [1.807, 2.05) is 0 Å². The summed E-state index contributed by atoms with van der Waals surface area (Å²) in [5.41, 5.74) is 3.23. The second kappa shape index (κ2) is 18.0. The molecule has 16 nitrogen and oxygen atoms in total. The highest BCUT2D eigenvalue weighted by atomic mass is 16.7. The van der Waals surface area contributed by atoms with Crippen molar-refractivity contribution < 1.29 is 57.2 Å². The summed E-state index contributed by atoms with van der Waals surface area (Å²) in [6.07, 6.45) is -2.66. The van der Waals surface area contributed by atoms with Gasteiger partial charge in [-0.25, -0.2) is 14.4 Å². The van der Waals surface area contributed by atoms with E-state index >= 15 is 0 Å². The molecule has 0 aliphatic rings. The van der Waals surface area contributed by atoms with Crippen LogP contribution in [0.25, 0.3) is 0 Å². The molecule has 16 heteroatoms. The van der Waals surface area contributed by atoms with Gasteiger partial charge in [-0.3, -0.25) is 14.4 Å². The standard InChI is InChI=1S/C27H48N4O12/c1-25(2,3)19(32)38-16-41-22(35)29-11-13-31(24(37)43-18-40-21(34)27(7,8)9)15-14-30(12-10-28)23(36)42-17-39-20(33)26(4,5)6/h10-18,28H2,1-9H3,(H,29,35). The van der Waals surface area contributed by atoms with Crippen molar-refractivity contribution in [3.05, 3.63) is 0 Å². The lowest BCUT2D eigenvalue weighted by atomic mass is 9.97. The number of carbonyl (C=O) groups is 6. The lowest BCUT2D eigenvalue weighted by molar-refractivity contribution is -0.163. The van der Waals surface area contributed by atoms with Gasteiger partial charge in [0.25, 0.3) is 0 Å². The number of amides is 3. The lowest BCUT2D eigenvalue weighted by Crippen LogP contribution is -2.46. The van der Waals surface area contributed by atoms with Crippen LogP contribution in [0.3, 0.4) is 0 Å². The highest BCUT2D eigenvalue weighted by Crippen LogP contribution is 2.16. The zero-order valence-corrected chi connectivity index (χ0v) is 26.7. The predicted octanol–water partition coefficient (Wildman–Crippen LogP) is 2.19. The second-order valence-electron chi connectivity index (χ2n) is 12.3. The molecule has 3 N–H and O–H groups in total. The number of rotatable bonds is 14. The van der Waals surface area contributed by atoms with E-state index in [0.29, 0.717) is 0 Å². The quantitative estimate of drug-likeness (QED) is 0.163. The first-order valence-corrected chi connectivity index (χ1v) is 13.7. The van der Waals surface area contributed by atoms with Crippen molar-refractivity contribution >= 4 is 36.2 Å². The molecular formula is C27H48N4O12. The van der Waals surface area contributed by atoms with E-state index in [0.717, 1.165) is 4.90 Å². The van der Waals surface area contributed by atoms with Crippen LogP contribution in [0.5, 0.6) is 0 Å². The van der Waals surface area contributed by atoms with Gasteiger partial charge in [0.15, 0.2) is 0 Å². The Morgan fingerprint density at radius 2 is 0.884 bits per heavy atom. The van der Waals surface area contributed by atoms with Gasteiger partial charge >= 0.3 is 36.2 Å². The van der Waals surface area contributed by atoms with Crippen LogP contribution in [0.2, 0.25) is 0 Å². The molecule has 43 heavy (non-hydrogen) atoms. The molecule has 248 valence electrons. The summed E-state index contributed by atoms with van der Waals surface area (Å²) in [4.78, 5) is 75.3. The van der Waals surface area contributed by atoms with Gasteiger partial charge in [0.05, 0.1) is 16.2 Å². The molecule has 0 aliphatic carbocycles. The number of nitrogens with zero attached hydrogens (tertiary/aromatic N) is 2. The molecule has 0 unspecified atom stereocenters. The van der Waals surface area contributed by atoms with Crippen LogP contribution in [0.15, 0.2) is 0 Å². The van der Waals surface area contributed by atoms with Crippen LogP contribution in [0.4, 0.5) is 14.4 Å². The monoisotopic (exact) mass is 620 g/mol. The summed E-state index contributed by atoms with van der Waals surface area (Å²) < 4.78 is 29.6.